The van der Waals surface area contributed by atoms with E-state index in [1.807, 2.05) is 12.1 Å². The van der Waals surface area contributed by atoms with Gasteiger partial charge in [0.1, 0.15) is 17.6 Å². The lowest BCUT2D eigenvalue weighted by atomic mass is 9.91. The van der Waals surface area contributed by atoms with Crippen molar-refractivity contribution in [3.63, 3.8) is 0 Å². The van der Waals surface area contributed by atoms with Gasteiger partial charge in [-0.1, -0.05) is 29.3 Å². The van der Waals surface area contributed by atoms with Crippen LogP contribution in [0.1, 0.15) is 29.8 Å². The topological polar surface area (TPSA) is 109 Å². The number of carbonyl (C=O) groups is 1. The lowest BCUT2D eigenvalue weighted by molar-refractivity contribution is -0.156. The SMILES string of the molecule is COc1ccc(C(=C(C=C[C@@H]2C[C@@H](O)CC(=O)O2)c2nnnn2C)c2ccc(OC)cc2Cl)c(Cl)c1. The first kappa shape index (κ1) is 25.7. The Morgan fingerprint density at radius 2 is 1.72 bits per heavy atom. The number of rotatable bonds is 7. The molecular formula is C25H24Cl2N4O5. The van der Waals surface area contributed by atoms with Crippen molar-refractivity contribution in [2.75, 3.05) is 14.2 Å². The van der Waals surface area contributed by atoms with E-state index < -0.39 is 18.2 Å². The Morgan fingerprint density at radius 3 is 2.19 bits per heavy atom. The lowest BCUT2D eigenvalue weighted by Crippen LogP contribution is -2.31. The van der Waals surface area contributed by atoms with Crippen molar-refractivity contribution in [1.29, 1.82) is 0 Å². The Hall–Kier alpha value is -3.40. The molecule has 2 heterocycles. The minimum atomic E-state index is -0.781. The quantitative estimate of drug-likeness (QED) is 0.359. The van der Waals surface area contributed by atoms with Crippen LogP contribution in [0.3, 0.4) is 0 Å². The van der Waals surface area contributed by atoms with E-state index in [2.05, 4.69) is 15.5 Å². The molecule has 36 heavy (non-hydrogen) atoms. The number of halogens is 2. The number of aliphatic hydroxyl groups excluding tert-OH is 1. The molecule has 1 N–H and O–H groups in total. The third-order valence-corrected chi connectivity index (χ3v) is 6.31. The van der Waals surface area contributed by atoms with Gasteiger partial charge in [0.15, 0.2) is 5.82 Å². The molecule has 3 aromatic rings. The van der Waals surface area contributed by atoms with Gasteiger partial charge in [0.2, 0.25) is 0 Å². The highest BCUT2D eigenvalue weighted by Gasteiger charge is 2.26. The highest BCUT2D eigenvalue weighted by Crippen LogP contribution is 2.41. The molecule has 0 aliphatic carbocycles. The Labute approximate surface area is 217 Å². The molecule has 4 rings (SSSR count). The molecule has 0 spiro atoms. The Balaban J connectivity index is 1.98. The molecule has 0 saturated carbocycles. The third kappa shape index (κ3) is 5.53. The second kappa shape index (κ2) is 11.1. The molecule has 0 amide bonds. The fourth-order valence-electron chi connectivity index (χ4n) is 3.94. The van der Waals surface area contributed by atoms with Gasteiger partial charge >= 0.3 is 5.97 Å². The van der Waals surface area contributed by atoms with E-state index in [-0.39, 0.29) is 12.8 Å². The number of aromatic nitrogens is 4. The van der Waals surface area contributed by atoms with Crippen LogP contribution < -0.4 is 9.47 Å². The average Bonchev–Trinajstić information content (AvgIpc) is 3.27. The van der Waals surface area contributed by atoms with Crippen LogP contribution in [0, 0.1) is 0 Å². The van der Waals surface area contributed by atoms with Crippen LogP contribution in [0.5, 0.6) is 11.5 Å². The van der Waals surface area contributed by atoms with Crippen LogP contribution in [-0.4, -0.2) is 57.7 Å². The van der Waals surface area contributed by atoms with Gasteiger partial charge in [-0.25, -0.2) is 4.68 Å². The van der Waals surface area contributed by atoms with Gasteiger partial charge < -0.3 is 19.3 Å². The van der Waals surface area contributed by atoms with E-state index in [9.17, 15) is 9.90 Å². The minimum absolute atomic E-state index is 0.0333. The largest absolute Gasteiger partial charge is 0.497 e. The van der Waals surface area contributed by atoms with Crippen molar-refractivity contribution in [3.8, 4) is 11.5 Å². The summed E-state index contributed by atoms with van der Waals surface area (Å²) in [5, 5.41) is 22.9. The van der Waals surface area contributed by atoms with Gasteiger partial charge in [0, 0.05) is 35.7 Å². The summed E-state index contributed by atoms with van der Waals surface area (Å²) in [7, 11) is 4.82. The van der Waals surface area contributed by atoms with Gasteiger partial charge in [0.05, 0.1) is 36.8 Å². The number of benzene rings is 2. The average molecular weight is 531 g/mol. The maximum Gasteiger partial charge on any atom is 0.309 e. The lowest BCUT2D eigenvalue weighted by Gasteiger charge is -2.23. The summed E-state index contributed by atoms with van der Waals surface area (Å²) in [6.07, 6.45) is 2.27. The van der Waals surface area contributed by atoms with Crippen LogP contribution in [0.15, 0.2) is 48.6 Å². The molecule has 2 aromatic carbocycles. The normalized spacial score (nSPS) is 17.7. The summed E-state index contributed by atoms with van der Waals surface area (Å²) in [5.41, 5.74) is 2.49. The van der Waals surface area contributed by atoms with Crippen molar-refractivity contribution in [2.45, 2.75) is 25.0 Å². The summed E-state index contributed by atoms with van der Waals surface area (Å²) in [4.78, 5) is 11.9. The predicted octanol–water partition coefficient (Wildman–Crippen LogP) is 4.12. The predicted molar refractivity (Wildman–Crippen MR) is 135 cm³/mol. The molecule has 0 radical (unpaired) electrons. The fourth-order valence-corrected chi connectivity index (χ4v) is 4.47. The summed E-state index contributed by atoms with van der Waals surface area (Å²) < 4.78 is 17.6. The van der Waals surface area contributed by atoms with Crippen molar-refractivity contribution in [3.05, 3.63) is 75.5 Å². The van der Waals surface area contributed by atoms with Crippen LogP contribution in [-0.2, 0) is 16.6 Å². The number of carbonyl (C=O) groups excluding carboxylic acids is 1. The minimum Gasteiger partial charge on any atom is -0.497 e. The third-order valence-electron chi connectivity index (χ3n) is 5.69. The number of ether oxygens (including phenoxy) is 3. The highest BCUT2D eigenvalue weighted by molar-refractivity contribution is 6.35. The van der Waals surface area contributed by atoms with Crippen LogP contribution in [0.25, 0.3) is 11.1 Å². The molecule has 11 heteroatoms. The smallest absolute Gasteiger partial charge is 0.309 e. The van der Waals surface area contributed by atoms with E-state index >= 15 is 0 Å². The number of aryl methyl sites for hydroxylation is 1. The van der Waals surface area contributed by atoms with E-state index in [1.54, 1.807) is 57.7 Å². The number of allylic oxidation sites excluding steroid dienone is 2. The molecule has 0 bridgehead atoms. The molecule has 1 fully saturated rings. The number of aliphatic hydroxyl groups is 1. The van der Waals surface area contributed by atoms with Gasteiger partial charge in [-0.3, -0.25) is 4.79 Å². The zero-order valence-electron chi connectivity index (χ0n) is 19.8. The molecule has 2 atom stereocenters. The van der Waals surface area contributed by atoms with Crippen molar-refractivity contribution in [2.24, 2.45) is 7.05 Å². The van der Waals surface area contributed by atoms with E-state index in [4.69, 9.17) is 37.4 Å². The summed E-state index contributed by atoms with van der Waals surface area (Å²) in [6.45, 7) is 0. The van der Waals surface area contributed by atoms with Gasteiger partial charge in [-0.2, -0.15) is 0 Å². The van der Waals surface area contributed by atoms with Crippen LogP contribution in [0.4, 0.5) is 0 Å². The van der Waals surface area contributed by atoms with Gasteiger partial charge in [-0.15, -0.1) is 5.10 Å². The summed E-state index contributed by atoms with van der Waals surface area (Å²) in [6, 6.07) is 10.6. The number of tetrazole rings is 1. The van der Waals surface area contributed by atoms with Gasteiger partial charge in [0.25, 0.3) is 0 Å². The second-order valence-corrected chi connectivity index (χ2v) is 8.90. The Morgan fingerprint density at radius 1 is 1.11 bits per heavy atom. The Bertz CT molecular complexity index is 1280. The first-order valence-corrected chi connectivity index (χ1v) is 11.8. The number of hydrogen-bond donors (Lipinski definition) is 1. The van der Waals surface area contributed by atoms with Gasteiger partial charge in [-0.05, 0) is 52.9 Å². The molecule has 1 aliphatic rings. The Kier molecular flexibility index (Phi) is 7.93. The number of cyclic esters (lactones) is 1. The number of methoxy groups -OCH3 is 2. The molecule has 188 valence electrons. The highest BCUT2D eigenvalue weighted by atomic mass is 35.5. The number of nitrogens with zero attached hydrogens (tertiary/aromatic N) is 4. The van der Waals surface area contributed by atoms with Crippen molar-refractivity contribution in [1.82, 2.24) is 20.2 Å². The number of esters is 1. The first-order chi connectivity index (χ1) is 17.3. The van der Waals surface area contributed by atoms with Crippen LogP contribution >= 0.6 is 23.2 Å². The zero-order chi connectivity index (χ0) is 25.8. The first-order valence-electron chi connectivity index (χ1n) is 11.0. The molecule has 0 unspecified atom stereocenters. The standard InChI is InChI=1S/C25H24Cl2N4O5/c1-31-25(28-29-30-31)20(9-6-17-10-14(32)11-23(33)36-17)24(18-7-4-15(34-2)12-21(18)26)19-8-5-16(35-3)13-22(19)27/h4-9,12-14,17,32H,10-11H2,1-3H3/t14-,17-/m1/s1. The maximum absolute atomic E-state index is 11.9. The molecule has 1 saturated heterocycles. The molecule has 1 aliphatic heterocycles. The van der Waals surface area contributed by atoms with E-state index in [0.717, 1.165) is 0 Å². The van der Waals surface area contributed by atoms with Crippen molar-refractivity contribution < 1.29 is 24.1 Å². The maximum atomic E-state index is 11.9. The molecule has 1 aromatic heterocycles. The summed E-state index contributed by atoms with van der Waals surface area (Å²) >= 11 is 13.5. The van der Waals surface area contributed by atoms with E-state index in [1.165, 1.54) is 4.68 Å². The van der Waals surface area contributed by atoms with E-state index in [0.29, 0.717) is 49.6 Å². The second-order valence-electron chi connectivity index (χ2n) is 8.09. The number of hydrogen-bond acceptors (Lipinski definition) is 8. The zero-order valence-corrected chi connectivity index (χ0v) is 21.3. The van der Waals surface area contributed by atoms with Crippen LogP contribution in [0.2, 0.25) is 10.0 Å². The fraction of sp³-hybridized carbons (Fsp3) is 0.280. The molecular weight excluding hydrogens is 507 g/mol. The van der Waals surface area contributed by atoms with Crippen molar-refractivity contribution >= 4 is 40.3 Å². The molecule has 9 nitrogen and oxygen atoms in total. The monoisotopic (exact) mass is 530 g/mol. The summed E-state index contributed by atoms with van der Waals surface area (Å²) in [5.74, 6) is 1.13.